The first kappa shape index (κ1) is 12.2. The summed E-state index contributed by atoms with van der Waals surface area (Å²) in [6, 6.07) is 1.70. The molecule has 1 aliphatic heterocycles. The SMILES string of the molecule is Cc1nsc(N2CCN(C(=O)c3ccoc3)CC2)n1. The molecular weight excluding hydrogens is 264 g/mol. The third-order valence-electron chi connectivity index (χ3n) is 3.12. The molecule has 0 radical (unpaired) electrons. The molecule has 100 valence electrons. The maximum absolute atomic E-state index is 12.1. The molecule has 0 bridgehead atoms. The number of carbonyl (C=O) groups excluding carboxylic acids is 1. The Kier molecular flexibility index (Phi) is 3.20. The van der Waals surface area contributed by atoms with Crippen LogP contribution >= 0.6 is 11.5 Å². The zero-order valence-electron chi connectivity index (χ0n) is 10.6. The van der Waals surface area contributed by atoms with Crippen molar-refractivity contribution in [3.05, 3.63) is 30.0 Å². The number of hydrogen-bond donors (Lipinski definition) is 0. The molecule has 0 spiro atoms. The van der Waals surface area contributed by atoms with E-state index in [0.717, 1.165) is 24.0 Å². The van der Waals surface area contributed by atoms with Crippen LogP contribution in [0.25, 0.3) is 0 Å². The molecule has 0 atom stereocenters. The van der Waals surface area contributed by atoms with Gasteiger partial charge in [0.1, 0.15) is 12.1 Å². The Morgan fingerprint density at radius 1 is 1.37 bits per heavy atom. The molecule has 19 heavy (non-hydrogen) atoms. The van der Waals surface area contributed by atoms with Crippen LogP contribution < -0.4 is 4.90 Å². The number of anilines is 1. The monoisotopic (exact) mass is 278 g/mol. The van der Waals surface area contributed by atoms with Gasteiger partial charge in [-0.15, -0.1) is 0 Å². The maximum Gasteiger partial charge on any atom is 0.257 e. The van der Waals surface area contributed by atoms with Crippen LogP contribution in [0, 0.1) is 6.92 Å². The number of hydrogen-bond acceptors (Lipinski definition) is 6. The van der Waals surface area contributed by atoms with E-state index in [2.05, 4.69) is 14.3 Å². The van der Waals surface area contributed by atoms with Crippen LogP contribution in [-0.2, 0) is 0 Å². The van der Waals surface area contributed by atoms with Gasteiger partial charge in [0.2, 0.25) is 5.13 Å². The number of carbonyl (C=O) groups is 1. The number of piperazine rings is 1. The second-order valence-corrected chi connectivity index (χ2v) is 5.15. The van der Waals surface area contributed by atoms with Crippen molar-refractivity contribution in [1.29, 1.82) is 0 Å². The maximum atomic E-state index is 12.1. The molecule has 0 saturated carbocycles. The van der Waals surface area contributed by atoms with Crippen molar-refractivity contribution in [2.45, 2.75) is 6.92 Å². The van der Waals surface area contributed by atoms with E-state index >= 15 is 0 Å². The Bertz CT molecular complexity index is 558. The second-order valence-electron chi connectivity index (χ2n) is 4.42. The average molecular weight is 278 g/mol. The number of furan rings is 1. The molecule has 1 saturated heterocycles. The number of aromatic nitrogens is 2. The lowest BCUT2D eigenvalue weighted by molar-refractivity contribution is 0.0746. The Balaban J connectivity index is 1.62. The van der Waals surface area contributed by atoms with E-state index in [0.29, 0.717) is 18.7 Å². The molecule has 1 aliphatic rings. The van der Waals surface area contributed by atoms with Gasteiger partial charge in [-0.25, -0.2) is 4.98 Å². The third kappa shape index (κ3) is 2.46. The molecular formula is C12H14N4O2S. The van der Waals surface area contributed by atoms with Crippen molar-refractivity contribution in [2.24, 2.45) is 0 Å². The number of amides is 1. The van der Waals surface area contributed by atoms with Crippen LogP contribution in [0.1, 0.15) is 16.2 Å². The highest BCUT2D eigenvalue weighted by Crippen LogP contribution is 2.19. The zero-order chi connectivity index (χ0) is 13.2. The van der Waals surface area contributed by atoms with Gasteiger partial charge in [-0.2, -0.15) is 4.37 Å². The van der Waals surface area contributed by atoms with Crippen LogP contribution in [0.4, 0.5) is 5.13 Å². The number of aryl methyl sites for hydroxylation is 1. The van der Waals surface area contributed by atoms with Crippen LogP contribution in [0.2, 0.25) is 0 Å². The van der Waals surface area contributed by atoms with Gasteiger partial charge in [-0.05, 0) is 13.0 Å². The molecule has 1 amide bonds. The minimum atomic E-state index is 0.0295. The highest BCUT2D eigenvalue weighted by Gasteiger charge is 2.24. The predicted molar refractivity (Wildman–Crippen MR) is 71.5 cm³/mol. The van der Waals surface area contributed by atoms with E-state index in [1.165, 1.54) is 24.1 Å². The van der Waals surface area contributed by atoms with E-state index in [1.54, 1.807) is 6.07 Å². The van der Waals surface area contributed by atoms with E-state index in [1.807, 2.05) is 11.8 Å². The molecule has 0 aromatic carbocycles. The Morgan fingerprint density at radius 2 is 2.16 bits per heavy atom. The first-order valence-electron chi connectivity index (χ1n) is 6.11. The molecule has 6 nitrogen and oxygen atoms in total. The average Bonchev–Trinajstić information content (AvgIpc) is 3.09. The topological polar surface area (TPSA) is 62.5 Å². The number of rotatable bonds is 2. The molecule has 0 unspecified atom stereocenters. The molecule has 7 heteroatoms. The van der Waals surface area contributed by atoms with Gasteiger partial charge in [0, 0.05) is 37.7 Å². The highest BCUT2D eigenvalue weighted by molar-refractivity contribution is 7.09. The summed E-state index contributed by atoms with van der Waals surface area (Å²) in [6.07, 6.45) is 3.01. The van der Waals surface area contributed by atoms with Crippen molar-refractivity contribution in [3.63, 3.8) is 0 Å². The summed E-state index contributed by atoms with van der Waals surface area (Å²) in [5.41, 5.74) is 0.611. The minimum Gasteiger partial charge on any atom is -0.472 e. The standard InChI is InChI=1S/C12H14N4O2S/c1-9-13-12(19-14-9)16-5-3-15(4-6-16)11(17)10-2-7-18-8-10/h2,7-8H,3-6H2,1H3. The van der Waals surface area contributed by atoms with Crippen LogP contribution in [0.3, 0.4) is 0 Å². The van der Waals surface area contributed by atoms with Crippen molar-refractivity contribution >= 4 is 22.6 Å². The molecule has 3 rings (SSSR count). The summed E-state index contributed by atoms with van der Waals surface area (Å²) in [4.78, 5) is 20.5. The molecule has 2 aromatic heterocycles. The van der Waals surface area contributed by atoms with Gasteiger partial charge in [-0.1, -0.05) is 0 Å². The molecule has 0 aliphatic carbocycles. The van der Waals surface area contributed by atoms with Gasteiger partial charge in [-0.3, -0.25) is 4.79 Å². The fourth-order valence-electron chi connectivity index (χ4n) is 2.08. The van der Waals surface area contributed by atoms with Crippen molar-refractivity contribution in [2.75, 3.05) is 31.1 Å². The Labute approximate surface area is 114 Å². The largest absolute Gasteiger partial charge is 0.472 e. The lowest BCUT2D eigenvalue weighted by Gasteiger charge is -2.34. The lowest BCUT2D eigenvalue weighted by atomic mass is 10.2. The highest BCUT2D eigenvalue weighted by atomic mass is 32.1. The number of nitrogens with zero attached hydrogens (tertiary/aromatic N) is 4. The van der Waals surface area contributed by atoms with Crippen LogP contribution in [-0.4, -0.2) is 46.3 Å². The van der Waals surface area contributed by atoms with Crippen molar-refractivity contribution in [3.8, 4) is 0 Å². The fraction of sp³-hybridized carbons (Fsp3) is 0.417. The van der Waals surface area contributed by atoms with Crippen LogP contribution in [0.5, 0.6) is 0 Å². The van der Waals surface area contributed by atoms with E-state index < -0.39 is 0 Å². The van der Waals surface area contributed by atoms with Crippen molar-refractivity contribution < 1.29 is 9.21 Å². The molecule has 2 aromatic rings. The summed E-state index contributed by atoms with van der Waals surface area (Å²) in [5, 5.41) is 0.938. The third-order valence-corrected chi connectivity index (χ3v) is 3.99. The molecule has 3 heterocycles. The normalized spacial score (nSPS) is 15.8. The van der Waals surface area contributed by atoms with E-state index in [9.17, 15) is 4.79 Å². The smallest absolute Gasteiger partial charge is 0.257 e. The van der Waals surface area contributed by atoms with Gasteiger partial charge >= 0.3 is 0 Å². The van der Waals surface area contributed by atoms with Gasteiger partial charge in [0.25, 0.3) is 5.91 Å². The van der Waals surface area contributed by atoms with Crippen LogP contribution in [0.15, 0.2) is 23.0 Å². The molecule has 0 N–H and O–H groups in total. The van der Waals surface area contributed by atoms with Gasteiger partial charge in [0.15, 0.2) is 0 Å². The summed E-state index contributed by atoms with van der Waals surface area (Å²) >= 11 is 1.41. The summed E-state index contributed by atoms with van der Waals surface area (Å²) < 4.78 is 9.13. The quantitative estimate of drug-likeness (QED) is 0.831. The van der Waals surface area contributed by atoms with E-state index in [4.69, 9.17) is 4.42 Å². The first-order chi connectivity index (χ1) is 9.24. The zero-order valence-corrected chi connectivity index (χ0v) is 11.4. The molecule has 1 fully saturated rings. The van der Waals surface area contributed by atoms with E-state index in [-0.39, 0.29) is 5.91 Å². The summed E-state index contributed by atoms with van der Waals surface area (Å²) in [6.45, 7) is 4.86. The minimum absolute atomic E-state index is 0.0295. The predicted octanol–water partition coefficient (Wildman–Crippen LogP) is 1.40. The Morgan fingerprint density at radius 3 is 2.74 bits per heavy atom. The first-order valence-corrected chi connectivity index (χ1v) is 6.88. The lowest BCUT2D eigenvalue weighted by Crippen LogP contribution is -2.48. The van der Waals surface area contributed by atoms with Gasteiger partial charge < -0.3 is 14.2 Å². The van der Waals surface area contributed by atoms with Gasteiger partial charge in [0.05, 0.1) is 11.8 Å². The summed E-state index contributed by atoms with van der Waals surface area (Å²) in [5.74, 6) is 0.832. The summed E-state index contributed by atoms with van der Waals surface area (Å²) in [7, 11) is 0. The fourth-order valence-corrected chi connectivity index (χ4v) is 2.81. The second kappa shape index (κ2) is 5.00. The van der Waals surface area contributed by atoms with Crippen molar-refractivity contribution in [1.82, 2.24) is 14.3 Å². The Hall–Kier alpha value is -1.89.